The Kier molecular flexibility index (Phi) is 10.3. The summed E-state index contributed by atoms with van der Waals surface area (Å²) in [6, 6.07) is 4.88. The van der Waals surface area contributed by atoms with E-state index in [0.717, 1.165) is 44.7 Å². The second-order valence-electron chi connectivity index (χ2n) is 6.03. The van der Waals surface area contributed by atoms with Gasteiger partial charge in [0.15, 0.2) is 5.96 Å². The molecule has 1 aromatic rings. The summed E-state index contributed by atoms with van der Waals surface area (Å²) < 4.78 is 2.17. The molecule has 1 aromatic heterocycles. The molecule has 2 N–H and O–H groups in total. The zero-order valence-corrected chi connectivity index (χ0v) is 16.8. The van der Waals surface area contributed by atoms with Crippen LogP contribution in [-0.4, -0.2) is 54.7 Å². The maximum atomic E-state index is 4.69. The Morgan fingerprint density at radius 2 is 1.91 bits per heavy atom. The molecule has 6 heteroatoms. The van der Waals surface area contributed by atoms with Gasteiger partial charge >= 0.3 is 0 Å². The number of halogens is 1. The molecule has 0 amide bonds. The van der Waals surface area contributed by atoms with Crippen molar-refractivity contribution in [3.63, 3.8) is 0 Å². The average Bonchev–Trinajstić information content (AvgIpc) is 3.20. The van der Waals surface area contributed by atoms with E-state index in [2.05, 4.69) is 63.6 Å². The van der Waals surface area contributed by atoms with Gasteiger partial charge in [0, 0.05) is 44.6 Å². The van der Waals surface area contributed by atoms with Crippen molar-refractivity contribution in [3.8, 4) is 0 Å². The minimum absolute atomic E-state index is 0. The van der Waals surface area contributed by atoms with E-state index in [0.29, 0.717) is 0 Å². The Hall–Kier alpha value is -0.760. The molecule has 1 fully saturated rings. The number of aromatic nitrogens is 1. The Balaban J connectivity index is 0.00000264. The number of rotatable bonds is 8. The molecule has 1 saturated carbocycles. The van der Waals surface area contributed by atoms with Crippen molar-refractivity contribution in [1.29, 1.82) is 0 Å². The Morgan fingerprint density at radius 1 is 1.22 bits per heavy atom. The largest absolute Gasteiger partial charge is 0.357 e. The fourth-order valence-corrected chi connectivity index (χ4v) is 3.01. The summed E-state index contributed by atoms with van der Waals surface area (Å²) in [5.41, 5.74) is 0. The van der Waals surface area contributed by atoms with E-state index in [-0.39, 0.29) is 24.0 Å². The predicted octanol–water partition coefficient (Wildman–Crippen LogP) is 2.54. The molecule has 132 valence electrons. The third kappa shape index (κ3) is 7.56. The molecule has 0 aliphatic heterocycles. The van der Waals surface area contributed by atoms with E-state index in [9.17, 15) is 0 Å². The molecule has 0 saturated heterocycles. The molecule has 2 rings (SSSR count). The molecule has 0 unspecified atom stereocenters. The highest BCUT2D eigenvalue weighted by Crippen LogP contribution is 2.21. The maximum absolute atomic E-state index is 4.69. The molecule has 0 aromatic carbocycles. The Morgan fingerprint density at radius 3 is 2.57 bits per heavy atom. The lowest BCUT2D eigenvalue weighted by Crippen LogP contribution is -2.39. The van der Waals surface area contributed by atoms with Gasteiger partial charge in [0.05, 0.1) is 6.54 Å². The van der Waals surface area contributed by atoms with Crippen LogP contribution < -0.4 is 10.6 Å². The Bertz CT molecular complexity index is 426. The first-order chi connectivity index (χ1) is 10.8. The Labute approximate surface area is 157 Å². The van der Waals surface area contributed by atoms with Gasteiger partial charge < -0.3 is 20.1 Å². The van der Waals surface area contributed by atoms with Crippen molar-refractivity contribution in [3.05, 3.63) is 24.5 Å². The van der Waals surface area contributed by atoms with Crippen molar-refractivity contribution in [1.82, 2.24) is 20.1 Å². The van der Waals surface area contributed by atoms with Crippen molar-refractivity contribution in [2.45, 2.75) is 45.2 Å². The molecular formula is C17H32IN5. The van der Waals surface area contributed by atoms with Gasteiger partial charge in [-0.1, -0.05) is 12.8 Å². The van der Waals surface area contributed by atoms with Crippen molar-refractivity contribution >= 4 is 29.9 Å². The van der Waals surface area contributed by atoms with Crippen LogP contribution in [0.2, 0.25) is 0 Å². The fourth-order valence-electron chi connectivity index (χ4n) is 3.01. The van der Waals surface area contributed by atoms with Crippen molar-refractivity contribution in [2.75, 3.05) is 33.2 Å². The van der Waals surface area contributed by atoms with Crippen LogP contribution in [-0.2, 0) is 6.54 Å². The molecule has 1 heterocycles. The molecule has 0 atom stereocenters. The zero-order chi connectivity index (χ0) is 15.6. The SMILES string of the molecule is CCNC(=NCCN(C)C1CCCC1)NCCn1cccc1.I. The zero-order valence-electron chi connectivity index (χ0n) is 14.5. The average molecular weight is 433 g/mol. The third-order valence-corrected chi connectivity index (χ3v) is 4.34. The number of hydrogen-bond acceptors (Lipinski definition) is 2. The standard InChI is InChI=1S/C17H31N5.HI/c1-3-18-17(20-11-15-22-12-6-7-13-22)19-10-14-21(2)16-8-4-5-9-16;/h6-7,12-13,16H,3-5,8-11,14-15H2,1-2H3,(H2,18,19,20);1H. The van der Waals surface area contributed by atoms with Gasteiger partial charge in [0.2, 0.25) is 0 Å². The highest BCUT2D eigenvalue weighted by Gasteiger charge is 2.18. The number of aliphatic imine (C=N–C) groups is 1. The summed E-state index contributed by atoms with van der Waals surface area (Å²) in [4.78, 5) is 7.16. The van der Waals surface area contributed by atoms with Gasteiger partial charge in [-0.3, -0.25) is 4.99 Å². The van der Waals surface area contributed by atoms with Crippen LogP contribution in [0.25, 0.3) is 0 Å². The summed E-state index contributed by atoms with van der Waals surface area (Å²) in [6.07, 6.45) is 9.67. The molecular weight excluding hydrogens is 401 g/mol. The quantitative estimate of drug-likeness (QED) is 0.376. The first-order valence-corrected chi connectivity index (χ1v) is 8.62. The summed E-state index contributed by atoms with van der Waals surface area (Å²) in [7, 11) is 2.23. The van der Waals surface area contributed by atoms with Gasteiger partial charge in [-0.15, -0.1) is 24.0 Å². The summed E-state index contributed by atoms with van der Waals surface area (Å²) >= 11 is 0. The number of likely N-dealkylation sites (N-methyl/N-ethyl adjacent to an activating group) is 1. The molecule has 0 bridgehead atoms. The lowest BCUT2D eigenvalue weighted by Gasteiger charge is -2.23. The minimum atomic E-state index is 0. The highest BCUT2D eigenvalue weighted by atomic mass is 127. The normalized spacial score (nSPS) is 15.7. The molecule has 1 aliphatic rings. The lowest BCUT2D eigenvalue weighted by molar-refractivity contribution is 0.252. The topological polar surface area (TPSA) is 44.6 Å². The predicted molar refractivity (Wildman–Crippen MR) is 109 cm³/mol. The monoisotopic (exact) mass is 433 g/mol. The van der Waals surface area contributed by atoms with E-state index in [1.807, 2.05) is 0 Å². The van der Waals surface area contributed by atoms with Gasteiger partial charge in [0.25, 0.3) is 0 Å². The minimum Gasteiger partial charge on any atom is -0.357 e. The van der Waals surface area contributed by atoms with Crippen molar-refractivity contribution in [2.24, 2.45) is 4.99 Å². The third-order valence-electron chi connectivity index (χ3n) is 4.34. The van der Waals surface area contributed by atoms with Crippen LogP contribution in [0.4, 0.5) is 0 Å². The van der Waals surface area contributed by atoms with E-state index >= 15 is 0 Å². The molecule has 1 aliphatic carbocycles. The van der Waals surface area contributed by atoms with Crippen molar-refractivity contribution < 1.29 is 0 Å². The number of nitrogens with one attached hydrogen (secondary N) is 2. The van der Waals surface area contributed by atoms with Crippen LogP contribution in [0.1, 0.15) is 32.6 Å². The first kappa shape index (κ1) is 20.3. The lowest BCUT2D eigenvalue weighted by atomic mass is 10.2. The van der Waals surface area contributed by atoms with E-state index in [1.165, 1.54) is 25.7 Å². The molecule has 23 heavy (non-hydrogen) atoms. The van der Waals surface area contributed by atoms with Gasteiger partial charge in [-0.2, -0.15) is 0 Å². The molecule has 5 nitrogen and oxygen atoms in total. The second kappa shape index (κ2) is 11.7. The number of hydrogen-bond donors (Lipinski definition) is 2. The smallest absolute Gasteiger partial charge is 0.191 e. The van der Waals surface area contributed by atoms with Gasteiger partial charge in [-0.05, 0) is 38.9 Å². The first-order valence-electron chi connectivity index (χ1n) is 8.62. The summed E-state index contributed by atoms with van der Waals surface area (Å²) in [5.74, 6) is 0.925. The fraction of sp³-hybridized carbons (Fsp3) is 0.706. The van der Waals surface area contributed by atoms with Crippen LogP contribution in [0.3, 0.4) is 0 Å². The van der Waals surface area contributed by atoms with Gasteiger partial charge in [0.1, 0.15) is 0 Å². The number of nitrogens with zero attached hydrogens (tertiary/aromatic N) is 3. The highest BCUT2D eigenvalue weighted by molar-refractivity contribution is 14.0. The van der Waals surface area contributed by atoms with E-state index in [4.69, 9.17) is 0 Å². The number of guanidine groups is 1. The molecule has 0 spiro atoms. The van der Waals surface area contributed by atoms with E-state index in [1.54, 1.807) is 0 Å². The van der Waals surface area contributed by atoms with E-state index < -0.39 is 0 Å². The van der Waals surface area contributed by atoms with Crippen LogP contribution in [0.5, 0.6) is 0 Å². The second-order valence-corrected chi connectivity index (χ2v) is 6.03. The van der Waals surface area contributed by atoms with Crippen LogP contribution in [0.15, 0.2) is 29.5 Å². The summed E-state index contributed by atoms with van der Waals surface area (Å²) in [6.45, 7) is 6.74. The van der Waals surface area contributed by atoms with Crippen LogP contribution >= 0.6 is 24.0 Å². The summed E-state index contributed by atoms with van der Waals surface area (Å²) in [5, 5.41) is 6.72. The van der Waals surface area contributed by atoms with Crippen LogP contribution in [0, 0.1) is 0 Å². The molecule has 0 radical (unpaired) electrons. The maximum Gasteiger partial charge on any atom is 0.191 e. The van der Waals surface area contributed by atoms with Gasteiger partial charge in [-0.25, -0.2) is 0 Å².